The van der Waals surface area contributed by atoms with Crippen LogP contribution in [0.15, 0.2) is 12.7 Å². The van der Waals surface area contributed by atoms with Crippen LogP contribution in [0.5, 0.6) is 0 Å². The van der Waals surface area contributed by atoms with Crippen molar-refractivity contribution in [2.75, 3.05) is 38.3 Å². The van der Waals surface area contributed by atoms with Crippen LogP contribution >= 0.6 is 0 Å². The maximum absolute atomic E-state index is 9.86. The van der Waals surface area contributed by atoms with Crippen molar-refractivity contribution in [1.82, 2.24) is 19.5 Å². The van der Waals surface area contributed by atoms with E-state index in [9.17, 15) is 10.2 Å². The quantitative estimate of drug-likeness (QED) is 0.798. The minimum Gasteiger partial charge on any atom is -0.394 e. The molecule has 0 spiro atoms. The lowest BCUT2D eigenvalue weighted by atomic mass is 10.0. The SMILES string of the molecule is C[C@@H](O)[C@H](CO)n1cnc2c(N(C)CC3CCCOC3)ncnc21. The van der Waals surface area contributed by atoms with Crippen molar-refractivity contribution in [2.24, 2.45) is 5.92 Å². The summed E-state index contributed by atoms with van der Waals surface area (Å²) in [5.74, 6) is 1.24. The molecule has 0 saturated carbocycles. The van der Waals surface area contributed by atoms with Crippen LogP contribution in [0.1, 0.15) is 25.8 Å². The molecule has 0 aliphatic carbocycles. The van der Waals surface area contributed by atoms with Gasteiger partial charge in [-0.3, -0.25) is 0 Å². The summed E-state index contributed by atoms with van der Waals surface area (Å²) in [4.78, 5) is 15.2. The summed E-state index contributed by atoms with van der Waals surface area (Å²) < 4.78 is 7.26. The summed E-state index contributed by atoms with van der Waals surface area (Å²) >= 11 is 0. The highest BCUT2D eigenvalue weighted by Crippen LogP contribution is 2.25. The van der Waals surface area contributed by atoms with Crippen LogP contribution in [0.2, 0.25) is 0 Å². The van der Waals surface area contributed by atoms with E-state index in [4.69, 9.17) is 4.74 Å². The molecule has 8 nitrogen and oxygen atoms in total. The van der Waals surface area contributed by atoms with Gasteiger partial charge in [-0.15, -0.1) is 0 Å². The first-order valence-corrected chi connectivity index (χ1v) is 8.37. The molecule has 132 valence electrons. The second-order valence-electron chi connectivity index (χ2n) is 6.48. The molecule has 1 aliphatic heterocycles. The van der Waals surface area contributed by atoms with Crippen LogP contribution in [0.25, 0.3) is 11.2 Å². The van der Waals surface area contributed by atoms with Crippen molar-refractivity contribution in [3.05, 3.63) is 12.7 Å². The van der Waals surface area contributed by atoms with Gasteiger partial charge in [0.05, 0.1) is 31.7 Å². The topological polar surface area (TPSA) is 96.5 Å². The zero-order valence-electron chi connectivity index (χ0n) is 14.2. The van der Waals surface area contributed by atoms with Gasteiger partial charge < -0.3 is 24.4 Å². The van der Waals surface area contributed by atoms with Crippen molar-refractivity contribution in [2.45, 2.75) is 31.9 Å². The van der Waals surface area contributed by atoms with Crippen molar-refractivity contribution in [1.29, 1.82) is 0 Å². The Labute approximate surface area is 141 Å². The van der Waals surface area contributed by atoms with Crippen LogP contribution in [-0.4, -0.2) is 69.2 Å². The Kier molecular flexibility index (Phi) is 5.27. The van der Waals surface area contributed by atoms with Crippen LogP contribution in [0.3, 0.4) is 0 Å². The third-order valence-corrected chi connectivity index (χ3v) is 4.59. The second-order valence-corrected chi connectivity index (χ2v) is 6.48. The minimum absolute atomic E-state index is 0.183. The van der Waals surface area contributed by atoms with Gasteiger partial charge in [0.1, 0.15) is 6.33 Å². The summed E-state index contributed by atoms with van der Waals surface area (Å²) in [6.07, 6.45) is 4.65. The van der Waals surface area contributed by atoms with E-state index in [-0.39, 0.29) is 6.61 Å². The molecule has 2 aromatic rings. The maximum atomic E-state index is 9.86. The number of aromatic nitrogens is 4. The predicted octanol–water partition coefficient (Wildman–Crippen LogP) is 0.603. The number of aliphatic hydroxyl groups excluding tert-OH is 2. The minimum atomic E-state index is -0.706. The molecule has 3 rings (SSSR count). The number of hydrogen-bond donors (Lipinski definition) is 2. The molecule has 1 fully saturated rings. The predicted molar refractivity (Wildman–Crippen MR) is 89.9 cm³/mol. The van der Waals surface area contributed by atoms with Crippen molar-refractivity contribution < 1.29 is 14.9 Å². The van der Waals surface area contributed by atoms with Crippen LogP contribution in [0.4, 0.5) is 5.82 Å². The molecular weight excluding hydrogens is 310 g/mol. The number of rotatable bonds is 6. The highest BCUT2D eigenvalue weighted by molar-refractivity contribution is 5.83. The zero-order valence-corrected chi connectivity index (χ0v) is 14.2. The Morgan fingerprint density at radius 3 is 2.92 bits per heavy atom. The molecule has 0 bridgehead atoms. The first kappa shape index (κ1) is 17.1. The maximum Gasteiger partial charge on any atom is 0.165 e. The van der Waals surface area contributed by atoms with Gasteiger partial charge >= 0.3 is 0 Å². The Morgan fingerprint density at radius 2 is 2.25 bits per heavy atom. The summed E-state index contributed by atoms with van der Waals surface area (Å²) in [7, 11) is 1.99. The number of ether oxygens (including phenoxy) is 1. The van der Waals surface area contributed by atoms with Gasteiger partial charge in [-0.05, 0) is 25.7 Å². The molecular formula is C16H25N5O3. The van der Waals surface area contributed by atoms with E-state index in [0.29, 0.717) is 17.1 Å². The summed E-state index contributed by atoms with van der Waals surface area (Å²) in [6, 6.07) is -0.477. The fraction of sp³-hybridized carbons (Fsp3) is 0.688. The fourth-order valence-corrected chi connectivity index (χ4v) is 3.26. The highest BCUT2D eigenvalue weighted by atomic mass is 16.5. The Balaban J connectivity index is 1.87. The average molecular weight is 335 g/mol. The molecule has 1 saturated heterocycles. The standard InChI is InChI=1S/C16H25N5O3/c1-11(23)13(7-22)21-10-19-14-15(17-9-18-16(14)21)20(2)6-12-4-3-5-24-8-12/h9-13,22-23H,3-8H2,1-2H3/t11-,12?,13+/m1/s1. The van der Waals surface area contributed by atoms with E-state index >= 15 is 0 Å². The number of fused-ring (bicyclic) bond motifs is 1. The van der Waals surface area contributed by atoms with Gasteiger partial charge in [0.15, 0.2) is 17.0 Å². The van der Waals surface area contributed by atoms with Crippen molar-refractivity contribution >= 4 is 17.0 Å². The van der Waals surface area contributed by atoms with E-state index in [1.807, 2.05) is 7.05 Å². The molecule has 3 atom stereocenters. The van der Waals surface area contributed by atoms with Gasteiger partial charge in [-0.25, -0.2) is 15.0 Å². The van der Waals surface area contributed by atoms with Crippen LogP contribution < -0.4 is 4.90 Å². The van der Waals surface area contributed by atoms with E-state index in [1.54, 1.807) is 17.8 Å². The molecule has 1 aliphatic rings. The van der Waals surface area contributed by atoms with Gasteiger partial charge in [0, 0.05) is 20.2 Å². The number of anilines is 1. The molecule has 1 unspecified atom stereocenters. The summed E-state index contributed by atoms with van der Waals surface area (Å²) in [5.41, 5.74) is 1.29. The van der Waals surface area contributed by atoms with Crippen LogP contribution in [-0.2, 0) is 4.74 Å². The molecule has 0 aromatic carbocycles. The first-order chi connectivity index (χ1) is 11.6. The smallest absolute Gasteiger partial charge is 0.165 e. The largest absolute Gasteiger partial charge is 0.394 e. The molecule has 24 heavy (non-hydrogen) atoms. The summed E-state index contributed by atoms with van der Waals surface area (Å²) in [5, 5.41) is 19.4. The third-order valence-electron chi connectivity index (χ3n) is 4.59. The molecule has 2 aromatic heterocycles. The fourth-order valence-electron chi connectivity index (χ4n) is 3.26. The van der Waals surface area contributed by atoms with Gasteiger partial charge in [0.25, 0.3) is 0 Å². The number of imidazole rings is 1. The van der Waals surface area contributed by atoms with E-state index < -0.39 is 12.1 Å². The lowest BCUT2D eigenvalue weighted by molar-refractivity contribution is 0.0576. The number of hydrogen-bond acceptors (Lipinski definition) is 7. The van der Waals surface area contributed by atoms with Crippen molar-refractivity contribution in [3.63, 3.8) is 0 Å². The second kappa shape index (κ2) is 7.42. The molecule has 2 N–H and O–H groups in total. The molecule has 0 amide bonds. The van der Waals surface area contributed by atoms with Gasteiger partial charge in [0.2, 0.25) is 0 Å². The zero-order chi connectivity index (χ0) is 17.1. The summed E-state index contributed by atoms with van der Waals surface area (Å²) in [6.45, 7) is 3.94. The van der Waals surface area contributed by atoms with Gasteiger partial charge in [-0.2, -0.15) is 0 Å². The average Bonchev–Trinajstić information content (AvgIpc) is 3.00. The van der Waals surface area contributed by atoms with E-state index in [0.717, 1.165) is 38.4 Å². The Hall–Kier alpha value is -1.77. The highest BCUT2D eigenvalue weighted by Gasteiger charge is 2.23. The molecule has 8 heteroatoms. The number of nitrogens with zero attached hydrogens (tertiary/aromatic N) is 5. The van der Waals surface area contributed by atoms with Crippen molar-refractivity contribution in [3.8, 4) is 0 Å². The van der Waals surface area contributed by atoms with Gasteiger partial charge in [-0.1, -0.05) is 0 Å². The lowest BCUT2D eigenvalue weighted by Gasteiger charge is -2.27. The van der Waals surface area contributed by atoms with Crippen LogP contribution in [0, 0.1) is 5.92 Å². The number of aliphatic hydroxyl groups is 2. The third kappa shape index (κ3) is 3.35. The molecule has 3 heterocycles. The monoisotopic (exact) mass is 335 g/mol. The molecule has 0 radical (unpaired) electrons. The van der Waals surface area contributed by atoms with E-state index in [2.05, 4.69) is 19.9 Å². The Morgan fingerprint density at radius 1 is 1.42 bits per heavy atom. The van der Waals surface area contributed by atoms with E-state index in [1.165, 1.54) is 6.33 Å². The Bertz CT molecular complexity index is 669. The lowest BCUT2D eigenvalue weighted by Crippen LogP contribution is -2.31. The normalized spacial score (nSPS) is 20.9. The first-order valence-electron chi connectivity index (χ1n) is 8.37.